The zero-order chi connectivity index (χ0) is 13.8. The van der Waals surface area contributed by atoms with Gasteiger partial charge in [0.25, 0.3) is 0 Å². The Bertz CT molecular complexity index is 436. The number of aliphatic carboxylic acids is 1. The highest BCUT2D eigenvalue weighted by atomic mass is 32.1. The minimum Gasteiger partial charge on any atom is -0.481 e. The molecule has 0 fully saturated rings. The van der Waals surface area contributed by atoms with E-state index < -0.39 is 17.7 Å². The Hall–Kier alpha value is -1.63. The van der Waals surface area contributed by atoms with Gasteiger partial charge in [-0.05, 0) is 20.8 Å². The topological polar surface area (TPSA) is 88.5 Å². The molecule has 0 unspecified atom stereocenters. The second-order valence-electron chi connectivity index (χ2n) is 4.66. The number of ether oxygens (including phenoxy) is 1. The molecule has 0 aliphatic rings. The number of nitrogens with zero attached hydrogens (tertiary/aromatic N) is 1. The fourth-order valence-electron chi connectivity index (χ4n) is 1.11. The molecule has 0 saturated carbocycles. The molecule has 0 saturated heterocycles. The van der Waals surface area contributed by atoms with E-state index in [1.165, 1.54) is 11.3 Å². The average Bonchev–Trinajstić information content (AvgIpc) is 2.59. The van der Waals surface area contributed by atoms with E-state index in [0.29, 0.717) is 17.2 Å². The third-order valence-corrected chi connectivity index (χ3v) is 2.56. The molecular formula is C11H16N2O4S. The summed E-state index contributed by atoms with van der Waals surface area (Å²) in [7, 11) is 0. The summed E-state index contributed by atoms with van der Waals surface area (Å²) in [5, 5.41) is 13.2. The summed E-state index contributed by atoms with van der Waals surface area (Å²) < 4.78 is 5.07. The number of nitrogens with one attached hydrogen (secondary N) is 1. The molecule has 1 aromatic heterocycles. The lowest BCUT2D eigenvalue weighted by Crippen LogP contribution is -2.27. The number of carboxylic acid groups (broad SMARTS) is 1. The molecule has 0 spiro atoms. The van der Waals surface area contributed by atoms with Gasteiger partial charge in [-0.1, -0.05) is 0 Å². The molecule has 7 heteroatoms. The first-order chi connectivity index (χ1) is 8.26. The fraction of sp³-hybridized carbons (Fsp3) is 0.545. The summed E-state index contributed by atoms with van der Waals surface area (Å²) in [6.45, 7) is 5.31. The van der Waals surface area contributed by atoms with Gasteiger partial charge < -0.3 is 9.84 Å². The molecule has 0 radical (unpaired) electrons. The largest absolute Gasteiger partial charge is 0.481 e. The SMILES string of the molecule is CC(C)(C)OC(=O)Nc1nc(CCC(=O)O)cs1. The van der Waals surface area contributed by atoms with E-state index >= 15 is 0 Å². The van der Waals surface area contributed by atoms with Crippen LogP contribution in [-0.4, -0.2) is 27.8 Å². The van der Waals surface area contributed by atoms with Crippen LogP contribution in [0.15, 0.2) is 5.38 Å². The van der Waals surface area contributed by atoms with Crippen molar-refractivity contribution < 1.29 is 19.4 Å². The number of anilines is 1. The van der Waals surface area contributed by atoms with Gasteiger partial charge >= 0.3 is 12.1 Å². The van der Waals surface area contributed by atoms with Crippen LogP contribution in [-0.2, 0) is 16.0 Å². The number of aryl methyl sites for hydroxylation is 1. The van der Waals surface area contributed by atoms with E-state index in [1.807, 2.05) is 0 Å². The first-order valence-electron chi connectivity index (χ1n) is 5.42. The molecule has 0 bridgehead atoms. The van der Waals surface area contributed by atoms with Gasteiger partial charge in [-0.15, -0.1) is 11.3 Å². The Labute approximate surface area is 109 Å². The number of carbonyl (C=O) groups excluding carboxylic acids is 1. The summed E-state index contributed by atoms with van der Waals surface area (Å²) >= 11 is 1.24. The van der Waals surface area contributed by atoms with E-state index in [1.54, 1.807) is 26.2 Å². The van der Waals surface area contributed by atoms with Crippen molar-refractivity contribution in [3.63, 3.8) is 0 Å². The van der Waals surface area contributed by atoms with Gasteiger partial charge in [-0.25, -0.2) is 9.78 Å². The number of carboxylic acids is 1. The quantitative estimate of drug-likeness (QED) is 0.879. The van der Waals surface area contributed by atoms with Gasteiger partial charge in [0.1, 0.15) is 5.60 Å². The van der Waals surface area contributed by atoms with Crippen LogP contribution in [0.3, 0.4) is 0 Å². The van der Waals surface area contributed by atoms with Gasteiger partial charge in [-0.3, -0.25) is 10.1 Å². The van der Waals surface area contributed by atoms with Crippen molar-refractivity contribution in [1.82, 2.24) is 4.98 Å². The maximum absolute atomic E-state index is 11.4. The van der Waals surface area contributed by atoms with Crippen LogP contribution in [0, 0.1) is 0 Å². The molecular weight excluding hydrogens is 256 g/mol. The second-order valence-corrected chi connectivity index (χ2v) is 5.52. The molecule has 1 amide bonds. The standard InChI is InChI=1S/C11H16N2O4S/c1-11(2,3)17-10(16)13-9-12-7(6-18-9)4-5-8(14)15/h6H,4-5H2,1-3H3,(H,14,15)(H,12,13,16). The number of carbonyl (C=O) groups is 2. The monoisotopic (exact) mass is 272 g/mol. The Morgan fingerprint density at radius 3 is 2.72 bits per heavy atom. The molecule has 0 aromatic carbocycles. The summed E-state index contributed by atoms with van der Waals surface area (Å²) in [5.41, 5.74) is 0.0847. The van der Waals surface area contributed by atoms with Crippen LogP contribution < -0.4 is 5.32 Å². The van der Waals surface area contributed by atoms with Crippen LogP contribution in [0.2, 0.25) is 0 Å². The van der Waals surface area contributed by atoms with Crippen LogP contribution in [0.25, 0.3) is 0 Å². The lowest BCUT2D eigenvalue weighted by molar-refractivity contribution is -0.136. The highest BCUT2D eigenvalue weighted by Crippen LogP contribution is 2.18. The Morgan fingerprint density at radius 1 is 1.50 bits per heavy atom. The minimum absolute atomic E-state index is 0.0234. The number of hydrogen-bond acceptors (Lipinski definition) is 5. The fourth-order valence-corrected chi connectivity index (χ4v) is 1.84. The zero-order valence-corrected chi connectivity index (χ0v) is 11.3. The zero-order valence-electron chi connectivity index (χ0n) is 10.5. The number of hydrogen-bond donors (Lipinski definition) is 2. The normalized spacial score (nSPS) is 11.1. The molecule has 0 aliphatic carbocycles. The van der Waals surface area contributed by atoms with E-state index in [9.17, 15) is 9.59 Å². The average molecular weight is 272 g/mol. The first kappa shape index (κ1) is 14.4. The van der Waals surface area contributed by atoms with E-state index in [2.05, 4.69) is 10.3 Å². The molecule has 6 nitrogen and oxygen atoms in total. The maximum atomic E-state index is 11.4. The first-order valence-corrected chi connectivity index (χ1v) is 6.30. The van der Waals surface area contributed by atoms with Gasteiger partial charge in [0.05, 0.1) is 12.1 Å². The molecule has 100 valence electrons. The summed E-state index contributed by atoms with van der Waals surface area (Å²) in [5.74, 6) is -0.871. The van der Waals surface area contributed by atoms with E-state index in [0.717, 1.165) is 0 Å². The third-order valence-electron chi connectivity index (χ3n) is 1.75. The lowest BCUT2D eigenvalue weighted by atomic mass is 10.2. The molecule has 0 aliphatic heterocycles. The lowest BCUT2D eigenvalue weighted by Gasteiger charge is -2.18. The van der Waals surface area contributed by atoms with Gasteiger partial charge in [0.2, 0.25) is 0 Å². The molecule has 18 heavy (non-hydrogen) atoms. The minimum atomic E-state index is -0.871. The van der Waals surface area contributed by atoms with Crippen LogP contribution in [0.5, 0.6) is 0 Å². The highest BCUT2D eigenvalue weighted by Gasteiger charge is 2.17. The number of thiazole rings is 1. The third kappa shape index (κ3) is 5.62. The Morgan fingerprint density at radius 2 is 2.17 bits per heavy atom. The van der Waals surface area contributed by atoms with Crippen LogP contribution in [0.4, 0.5) is 9.93 Å². The molecule has 1 heterocycles. The maximum Gasteiger partial charge on any atom is 0.413 e. The smallest absolute Gasteiger partial charge is 0.413 e. The summed E-state index contributed by atoms with van der Waals surface area (Å²) in [4.78, 5) is 25.9. The van der Waals surface area contributed by atoms with Gasteiger partial charge in [-0.2, -0.15) is 0 Å². The predicted molar refractivity (Wildman–Crippen MR) is 67.9 cm³/mol. The van der Waals surface area contributed by atoms with Crippen LogP contribution in [0.1, 0.15) is 32.9 Å². The second kappa shape index (κ2) is 5.81. The Balaban J connectivity index is 2.48. The van der Waals surface area contributed by atoms with Crippen molar-refractivity contribution in [2.24, 2.45) is 0 Å². The molecule has 2 N–H and O–H groups in total. The Kier molecular flexibility index (Phi) is 4.66. The predicted octanol–water partition coefficient (Wildman–Crippen LogP) is 2.51. The van der Waals surface area contributed by atoms with Crippen molar-refractivity contribution in [3.05, 3.63) is 11.1 Å². The highest BCUT2D eigenvalue weighted by molar-refractivity contribution is 7.13. The number of amides is 1. The van der Waals surface area contributed by atoms with Crippen LogP contribution >= 0.6 is 11.3 Å². The van der Waals surface area contributed by atoms with Crippen molar-refractivity contribution in [3.8, 4) is 0 Å². The van der Waals surface area contributed by atoms with Crippen molar-refractivity contribution >= 4 is 28.5 Å². The molecule has 1 rings (SSSR count). The van der Waals surface area contributed by atoms with Crippen molar-refractivity contribution in [1.29, 1.82) is 0 Å². The summed E-state index contributed by atoms with van der Waals surface area (Å²) in [6, 6.07) is 0. The summed E-state index contributed by atoms with van der Waals surface area (Å²) in [6.07, 6.45) is -0.195. The van der Waals surface area contributed by atoms with Crippen molar-refractivity contribution in [2.75, 3.05) is 5.32 Å². The molecule has 0 atom stereocenters. The van der Waals surface area contributed by atoms with Gasteiger partial charge in [0, 0.05) is 11.8 Å². The van der Waals surface area contributed by atoms with Gasteiger partial charge in [0.15, 0.2) is 5.13 Å². The van der Waals surface area contributed by atoms with E-state index in [4.69, 9.17) is 9.84 Å². The number of rotatable bonds is 4. The number of aromatic nitrogens is 1. The van der Waals surface area contributed by atoms with E-state index in [-0.39, 0.29) is 6.42 Å². The van der Waals surface area contributed by atoms with Crippen molar-refractivity contribution in [2.45, 2.75) is 39.2 Å². The molecule has 1 aromatic rings.